The maximum Gasteiger partial charge on any atom is 0.258 e. The van der Waals surface area contributed by atoms with Crippen LogP contribution in [0.1, 0.15) is 0 Å². The van der Waals surface area contributed by atoms with E-state index in [1.54, 1.807) is 25.3 Å². The first-order valence-electron chi connectivity index (χ1n) is 6.04. The Morgan fingerprint density at radius 2 is 1.85 bits per heavy atom. The number of nitrogens with zero attached hydrogens (tertiary/aromatic N) is 2. The summed E-state index contributed by atoms with van der Waals surface area (Å²) in [4.78, 5) is 4.32. The molecule has 0 unspecified atom stereocenters. The predicted octanol–water partition coefficient (Wildman–Crippen LogP) is 3.12. The van der Waals surface area contributed by atoms with Crippen LogP contribution in [0.4, 0.5) is 0 Å². The number of phenolic OH excluding ortho intramolecular Hbond substituents is 1. The van der Waals surface area contributed by atoms with Gasteiger partial charge in [0.05, 0.1) is 7.11 Å². The number of phenols is 1. The van der Waals surface area contributed by atoms with Crippen LogP contribution in [0, 0.1) is 0 Å². The molecule has 0 saturated carbocycles. The van der Waals surface area contributed by atoms with Gasteiger partial charge < -0.3 is 14.4 Å². The fourth-order valence-corrected chi connectivity index (χ4v) is 1.84. The fourth-order valence-electron chi connectivity index (χ4n) is 1.84. The van der Waals surface area contributed by atoms with Crippen LogP contribution in [0.15, 0.2) is 53.1 Å². The van der Waals surface area contributed by atoms with Gasteiger partial charge in [0.2, 0.25) is 5.82 Å². The summed E-state index contributed by atoms with van der Waals surface area (Å²) in [5, 5.41) is 13.4. The first-order valence-corrected chi connectivity index (χ1v) is 6.04. The Hall–Kier alpha value is -2.82. The summed E-state index contributed by atoms with van der Waals surface area (Å²) in [7, 11) is 1.61. The molecule has 0 aliphatic rings. The molecule has 1 heterocycles. The molecule has 100 valence electrons. The number of hydrogen-bond donors (Lipinski definition) is 1. The SMILES string of the molecule is COc1ccc(-c2nc(-c3cccc(O)c3)no2)cc1. The van der Waals surface area contributed by atoms with Crippen LogP contribution in [0.2, 0.25) is 0 Å². The first-order chi connectivity index (χ1) is 9.76. The van der Waals surface area contributed by atoms with Crippen LogP contribution in [-0.4, -0.2) is 22.4 Å². The Balaban J connectivity index is 1.93. The lowest BCUT2D eigenvalue weighted by Gasteiger charge is -1.98. The van der Waals surface area contributed by atoms with Crippen LogP contribution in [0.3, 0.4) is 0 Å². The second-order valence-corrected chi connectivity index (χ2v) is 4.20. The molecule has 20 heavy (non-hydrogen) atoms. The van der Waals surface area contributed by atoms with Crippen LogP contribution >= 0.6 is 0 Å². The van der Waals surface area contributed by atoms with Gasteiger partial charge in [-0.15, -0.1) is 0 Å². The third-order valence-electron chi connectivity index (χ3n) is 2.87. The van der Waals surface area contributed by atoms with Crippen molar-refractivity contribution in [2.45, 2.75) is 0 Å². The number of benzene rings is 2. The Morgan fingerprint density at radius 3 is 2.55 bits per heavy atom. The Morgan fingerprint density at radius 1 is 1.05 bits per heavy atom. The smallest absolute Gasteiger partial charge is 0.258 e. The van der Waals surface area contributed by atoms with E-state index in [1.165, 1.54) is 0 Å². The number of rotatable bonds is 3. The fraction of sp³-hybridized carbons (Fsp3) is 0.0667. The van der Waals surface area contributed by atoms with Crippen molar-refractivity contribution in [1.82, 2.24) is 10.1 Å². The molecule has 1 N–H and O–H groups in total. The zero-order valence-corrected chi connectivity index (χ0v) is 10.8. The van der Waals surface area contributed by atoms with Gasteiger partial charge in [0.25, 0.3) is 5.89 Å². The third kappa shape index (κ3) is 2.33. The molecular formula is C15H12N2O3. The highest BCUT2D eigenvalue weighted by molar-refractivity contribution is 5.61. The Labute approximate surface area is 115 Å². The van der Waals surface area contributed by atoms with Gasteiger partial charge in [0.15, 0.2) is 0 Å². The van der Waals surface area contributed by atoms with Crippen molar-refractivity contribution in [3.8, 4) is 34.3 Å². The molecular weight excluding hydrogens is 256 g/mol. The zero-order chi connectivity index (χ0) is 13.9. The van der Waals surface area contributed by atoms with Gasteiger partial charge in [-0.3, -0.25) is 0 Å². The third-order valence-corrected chi connectivity index (χ3v) is 2.87. The summed E-state index contributed by atoms with van der Waals surface area (Å²) in [5.74, 6) is 1.79. The van der Waals surface area contributed by atoms with Gasteiger partial charge in [0.1, 0.15) is 11.5 Å². The molecule has 0 aliphatic heterocycles. The van der Waals surface area contributed by atoms with Crippen LogP contribution < -0.4 is 4.74 Å². The zero-order valence-electron chi connectivity index (χ0n) is 10.8. The van der Waals surface area contributed by atoms with Gasteiger partial charge in [0, 0.05) is 11.1 Å². The van der Waals surface area contributed by atoms with Gasteiger partial charge >= 0.3 is 0 Å². The molecule has 0 aliphatic carbocycles. The van der Waals surface area contributed by atoms with Gasteiger partial charge in [-0.2, -0.15) is 4.98 Å². The van der Waals surface area contributed by atoms with Gasteiger partial charge in [-0.05, 0) is 36.4 Å². The van der Waals surface area contributed by atoms with Crippen LogP contribution in [-0.2, 0) is 0 Å². The van der Waals surface area contributed by atoms with E-state index < -0.39 is 0 Å². The summed E-state index contributed by atoms with van der Waals surface area (Å²) in [6.07, 6.45) is 0. The maximum absolute atomic E-state index is 9.46. The summed E-state index contributed by atoms with van der Waals surface area (Å²) in [6, 6.07) is 14.1. The molecule has 0 radical (unpaired) electrons. The second kappa shape index (κ2) is 5.05. The quantitative estimate of drug-likeness (QED) is 0.790. The number of aromatic nitrogens is 2. The summed E-state index contributed by atoms with van der Waals surface area (Å²) >= 11 is 0. The van der Waals surface area contributed by atoms with Gasteiger partial charge in [-0.25, -0.2) is 0 Å². The molecule has 0 spiro atoms. The van der Waals surface area contributed by atoms with E-state index in [0.717, 1.165) is 11.3 Å². The standard InChI is InChI=1S/C15H12N2O3/c1-19-13-7-5-10(6-8-13)15-16-14(17-20-15)11-3-2-4-12(18)9-11/h2-9,18H,1H3. The van der Waals surface area contributed by atoms with Crippen molar-refractivity contribution in [2.75, 3.05) is 7.11 Å². The van der Waals surface area contributed by atoms with E-state index in [0.29, 0.717) is 17.3 Å². The molecule has 0 amide bonds. The minimum Gasteiger partial charge on any atom is -0.508 e. The minimum atomic E-state index is 0.165. The van der Waals surface area contributed by atoms with Crippen molar-refractivity contribution < 1.29 is 14.4 Å². The molecule has 0 atom stereocenters. The lowest BCUT2D eigenvalue weighted by atomic mass is 10.2. The van der Waals surface area contributed by atoms with Gasteiger partial charge in [-0.1, -0.05) is 17.3 Å². The van der Waals surface area contributed by atoms with Crippen molar-refractivity contribution in [3.63, 3.8) is 0 Å². The van der Waals surface area contributed by atoms with Crippen LogP contribution in [0.5, 0.6) is 11.5 Å². The summed E-state index contributed by atoms with van der Waals surface area (Å²) < 4.78 is 10.3. The van der Waals surface area contributed by atoms with Crippen LogP contribution in [0.25, 0.3) is 22.8 Å². The van der Waals surface area contributed by atoms with Crippen molar-refractivity contribution in [3.05, 3.63) is 48.5 Å². The van der Waals surface area contributed by atoms with E-state index in [-0.39, 0.29) is 5.75 Å². The lowest BCUT2D eigenvalue weighted by Crippen LogP contribution is -1.83. The van der Waals surface area contributed by atoms with E-state index in [9.17, 15) is 5.11 Å². The summed E-state index contributed by atoms with van der Waals surface area (Å²) in [5.41, 5.74) is 1.51. The number of methoxy groups -OCH3 is 1. The molecule has 2 aromatic carbocycles. The first kappa shape index (κ1) is 12.2. The molecule has 0 fully saturated rings. The average Bonchev–Trinajstić information content (AvgIpc) is 2.97. The van der Waals surface area contributed by atoms with E-state index >= 15 is 0 Å². The normalized spacial score (nSPS) is 10.4. The monoisotopic (exact) mass is 268 g/mol. The highest BCUT2D eigenvalue weighted by atomic mass is 16.5. The molecule has 1 aromatic heterocycles. The highest BCUT2D eigenvalue weighted by Crippen LogP contribution is 2.25. The highest BCUT2D eigenvalue weighted by Gasteiger charge is 2.10. The van der Waals surface area contributed by atoms with Crippen molar-refractivity contribution >= 4 is 0 Å². The van der Waals surface area contributed by atoms with E-state index in [2.05, 4.69) is 10.1 Å². The lowest BCUT2D eigenvalue weighted by molar-refractivity contribution is 0.414. The molecule has 3 rings (SSSR count). The maximum atomic E-state index is 9.46. The Bertz CT molecular complexity index is 720. The predicted molar refractivity (Wildman–Crippen MR) is 73.4 cm³/mol. The van der Waals surface area contributed by atoms with E-state index in [4.69, 9.17) is 9.26 Å². The average molecular weight is 268 g/mol. The summed E-state index contributed by atoms with van der Waals surface area (Å²) in [6.45, 7) is 0. The minimum absolute atomic E-state index is 0.165. The van der Waals surface area contributed by atoms with Crippen molar-refractivity contribution in [1.29, 1.82) is 0 Å². The molecule has 3 aromatic rings. The Kier molecular flexibility index (Phi) is 3.09. The number of aromatic hydroxyl groups is 1. The molecule has 0 bridgehead atoms. The second-order valence-electron chi connectivity index (χ2n) is 4.20. The largest absolute Gasteiger partial charge is 0.508 e. The molecule has 0 saturated heterocycles. The van der Waals surface area contributed by atoms with E-state index in [1.807, 2.05) is 30.3 Å². The molecule has 5 nitrogen and oxygen atoms in total. The number of ether oxygens (including phenoxy) is 1. The van der Waals surface area contributed by atoms with Crippen molar-refractivity contribution in [2.24, 2.45) is 0 Å². The topological polar surface area (TPSA) is 68.4 Å². The molecule has 5 heteroatoms. The number of hydrogen-bond acceptors (Lipinski definition) is 5.